The summed E-state index contributed by atoms with van der Waals surface area (Å²) in [7, 11) is 0. The van der Waals surface area contributed by atoms with Crippen molar-refractivity contribution >= 4 is 11.9 Å². The second kappa shape index (κ2) is 6.72. The van der Waals surface area contributed by atoms with Gasteiger partial charge in [0.25, 0.3) is 5.91 Å². The molecule has 0 aliphatic carbocycles. The van der Waals surface area contributed by atoms with Gasteiger partial charge >= 0.3 is 5.97 Å². The summed E-state index contributed by atoms with van der Waals surface area (Å²) in [5, 5.41) is 11.3. The zero-order valence-electron chi connectivity index (χ0n) is 11.0. The van der Waals surface area contributed by atoms with Gasteiger partial charge in [-0.25, -0.2) is 0 Å². The molecule has 1 rings (SSSR count). The molecule has 6 heteroatoms. The number of H-pyrrole nitrogens is 1. The summed E-state index contributed by atoms with van der Waals surface area (Å²) in [5.41, 5.74) is 0.370. The molecule has 19 heavy (non-hydrogen) atoms. The Labute approximate surface area is 110 Å². The topological polar surface area (TPSA) is 99.3 Å². The molecule has 104 valence electrons. The Morgan fingerprint density at radius 3 is 2.68 bits per heavy atom. The molecule has 1 heterocycles. The van der Waals surface area contributed by atoms with Gasteiger partial charge in [-0.15, -0.1) is 0 Å². The van der Waals surface area contributed by atoms with Crippen molar-refractivity contribution in [2.75, 3.05) is 6.54 Å². The van der Waals surface area contributed by atoms with E-state index in [2.05, 4.69) is 10.3 Å². The first-order valence-electron chi connectivity index (χ1n) is 6.13. The lowest BCUT2D eigenvalue weighted by atomic mass is 10.0. The molecule has 1 aromatic rings. The largest absolute Gasteiger partial charge is 0.481 e. The molecule has 0 saturated heterocycles. The number of nitrogens with one attached hydrogen (secondary N) is 2. The fraction of sp³-hybridized carbons (Fsp3) is 0.462. The van der Waals surface area contributed by atoms with Gasteiger partial charge in [0.1, 0.15) is 5.56 Å². The number of hydrogen-bond acceptors (Lipinski definition) is 3. The summed E-state index contributed by atoms with van der Waals surface area (Å²) in [6.07, 6.45) is 2.02. The van der Waals surface area contributed by atoms with Crippen molar-refractivity contribution in [1.29, 1.82) is 0 Å². The maximum atomic E-state index is 11.8. The average Bonchev–Trinajstić information content (AvgIpc) is 2.33. The quantitative estimate of drug-likeness (QED) is 0.712. The lowest BCUT2D eigenvalue weighted by Crippen LogP contribution is -2.33. The van der Waals surface area contributed by atoms with Crippen LogP contribution in [0.5, 0.6) is 0 Å². The molecule has 1 atom stereocenters. The van der Waals surface area contributed by atoms with Crippen molar-refractivity contribution in [3.8, 4) is 0 Å². The molecule has 0 aromatic carbocycles. The van der Waals surface area contributed by atoms with E-state index in [1.165, 1.54) is 12.3 Å². The normalized spacial score (nSPS) is 11.9. The van der Waals surface area contributed by atoms with E-state index < -0.39 is 11.9 Å². The summed E-state index contributed by atoms with van der Waals surface area (Å²) in [5.74, 6) is -1.51. The molecule has 3 N–H and O–H groups in total. The minimum absolute atomic E-state index is 0.00103. The highest BCUT2D eigenvalue weighted by Gasteiger charge is 2.15. The molecule has 0 aliphatic rings. The van der Waals surface area contributed by atoms with E-state index in [-0.39, 0.29) is 29.9 Å². The molecular formula is C13H18N2O4. The van der Waals surface area contributed by atoms with Crippen LogP contribution in [0.1, 0.15) is 35.8 Å². The number of amides is 1. The summed E-state index contributed by atoms with van der Waals surface area (Å²) < 4.78 is 0. The third kappa shape index (κ3) is 4.57. The number of aromatic amines is 1. The van der Waals surface area contributed by atoms with Crippen LogP contribution in [0.15, 0.2) is 17.1 Å². The van der Waals surface area contributed by atoms with Gasteiger partial charge in [-0.05, 0) is 12.8 Å². The van der Waals surface area contributed by atoms with Crippen LogP contribution < -0.4 is 10.7 Å². The first-order chi connectivity index (χ1) is 8.93. The smallest absolute Gasteiger partial charge is 0.303 e. The van der Waals surface area contributed by atoms with Gasteiger partial charge in [0, 0.05) is 30.9 Å². The maximum Gasteiger partial charge on any atom is 0.303 e. The molecular weight excluding hydrogens is 248 g/mol. The van der Waals surface area contributed by atoms with Crippen molar-refractivity contribution in [2.24, 2.45) is 5.92 Å². The average molecular weight is 266 g/mol. The second-order valence-electron chi connectivity index (χ2n) is 4.48. The summed E-state index contributed by atoms with van der Waals surface area (Å²) in [6.45, 7) is 3.83. The molecule has 0 saturated carbocycles. The van der Waals surface area contributed by atoms with E-state index in [0.717, 1.165) is 0 Å². The summed E-state index contributed by atoms with van der Waals surface area (Å²) in [6, 6.07) is 1.35. The molecule has 6 nitrogen and oxygen atoms in total. The van der Waals surface area contributed by atoms with Crippen molar-refractivity contribution in [3.05, 3.63) is 33.7 Å². The number of aryl methyl sites for hydroxylation is 1. The predicted octanol–water partition coefficient (Wildman–Crippen LogP) is 0.914. The molecule has 1 amide bonds. The molecule has 0 radical (unpaired) electrons. The first-order valence-corrected chi connectivity index (χ1v) is 6.13. The van der Waals surface area contributed by atoms with Gasteiger partial charge < -0.3 is 15.4 Å². The van der Waals surface area contributed by atoms with Crippen molar-refractivity contribution < 1.29 is 14.7 Å². The Hall–Kier alpha value is -2.11. The Kier molecular flexibility index (Phi) is 5.29. The van der Waals surface area contributed by atoms with Crippen molar-refractivity contribution in [2.45, 2.75) is 26.7 Å². The SMILES string of the molecule is CCC(CNC(=O)c1c[nH]c(C)cc1=O)CC(=O)O. The third-order valence-corrected chi connectivity index (χ3v) is 2.89. The highest BCUT2D eigenvalue weighted by atomic mass is 16.4. The van der Waals surface area contributed by atoms with Crippen LogP contribution in [-0.4, -0.2) is 28.5 Å². The van der Waals surface area contributed by atoms with Crippen LogP contribution in [0, 0.1) is 12.8 Å². The molecule has 1 aromatic heterocycles. The van der Waals surface area contributed by atoms with Gasteiger partial charge in [-0.2, -0.15) is 0 Å². The minimum Gasteiger partial charge on any atom is -0.481 e. The van der Waals surface area contributed by atoms with Gasteiger partial charge in [-0.1, -0.05) is 13.3 Å². The zero-order valence-corrected chi connectivity index (χ0v) is 11.0. The van der Waals surface area contributed by atoms with Crippen LogP contribution in [0.2, 0.25) is 0 Å². The highest BCUT2D eigenvalue weighted by molar-refractivity contribution is 5.93. The number of carboxylic acids is 1. The van der Waals surface area contributed by atoms with Crippen LogP contribution in [0.3, 0.4) is 0 Å². The molecule has 0 spiro atoms. The van der Waals surface area contributed by atoms with Crippen LogP contribution in [-0.2, 0) is 4.79 Å². The lowest BCUT2D eigenvalue weighted by molar-refractivity contribution is -0.138. The summed E-state index contributed by atoms with van der Waals surface area (Å²) >= 11 is 0. The van der Waals surface area contributed by atoms with Gasteiger partial charge in [0.05, 0.1) is 0 Å². The number of aromatic nitrogens is 1. The van der Waals surface area contributed by atoms with Crippen molar-refractivity contribution in [3.63, 3.8) is 0 Å². The van der Waals surface area contributed by atoms with E-state index in [9.17, 15) is 14.4 Å². The zero-order chi connectivity index (χ0) is 14.4. The molecule has 0 aliphatic heterocycles. The number of carbonyl (C=O) groups excluding carboxylic acids is 1. The number of rotatable bonds is 6. The second-order valence-corrected chi connectivity index (χ2v) is 4.48. The van der Waals surface area contributed by atoms with Gasteiger partial charge in [0.2, 0.25) is 0 Å². The van der Waals surface area contributed by atoms with E-state index in [0.29, 0.717) is 12.1 Å². The van der Waals surface area contributed by atoms with Crippen LogP contribution in [0.25, 0.3) is 0 Å². The number of aliphatic carboxylic acids is 1. The lowest BCUT2D eigenvalue weighted by Gasteiger charge is -2.13. The standard InChI is InChI=1S/C13H18N2O4/c1-3-9(5-12(17)18)6-15-13(19)10-7-14-8(2)4-11(10)16/h4,7,9H,3,5-6H2,1-2H3,(H,14,16)(H,15,19)(H,17,18). The molecule has 0 bridgehead atoms. The Bertz CT molecular complexity index is 522. The van der Waals surface area contributed by atoms with Crippen LogP contribution >= 0.6 is 0 Å². The molecule has 0 fully saturated rings. The van der Waals surface area contributed by atoms with E-state index >= 15 is 0 Å². The monoisotopic (exact) mass is 266 g/mol. The first kappa shape index (κ1) is 14.9. The summed E-state index contributed by atoms with van der Waals surface area (Å²) in [4.78, 5) is 36.8. The number of hydrogen-bond donors (Lipinski definition) is 3. The van der Waals surface area contributed by atoms with E-state index in [1.807, 2.05) is 6.92 Å². The number of pyridine rings is 1. The van der Waals surface area contributed by atoms with E-state index in [1.54, 1.807) is 6.92 Å². The fourth-order valence-electron chi connectivity index (χ4n) is 1.69. The minimum atomic E-state index is -0.894. The van der Waals surface area contributed by atoms with Crippen LogP contribution in [0.4, 0.5) is 0 Å². The predicted molar refractivity (Wildman–Crippen MR) is 70.2 cm³/mol. The van der Waals surface area contributed by atoms with Gasteiger partial charge in [0.15, 0.2) is 5.43 Å². The molecule has 1 unspecified atom stereocenters. The Morgan fingerprint density at radius 2 is 2.16 bits per heavy atom. The maximum absolute atomic E-state index is 11.8. The van der Waals surface area contributed by atoms with E-state index in [4.69, 9.17) is 5.11 Å². The number of carbonyl (C=O) groups is 2. The van der Waals surface area contributed by atoms with Crippen molar-refractivity contribution in [1.82, 2.24) is 10.3 Å². The Balaban J connectivity index is 2.64. The number of carboxylic acid groups (broad SMARTS) is 1. The Morgan fingerprint density at radius 1 is 1.47 bits per heavy atom. The highest BCUT2D eigenvalue weighted by Crippen LogP contribution is 2.06. The third-order valence-electron chi connectivity index (χ3n) is 2.89. The van der Waals surface area contributed by atoms with Gasteiger partial charge in [-0.3, -0.25) is 14.4 Å². The fourth-order valence-corrected chi connectivity index (χ4v) is 1.69.